The highest BCUT2D eigenvalue weighted by molar-refractivity contribution is 5.84. The summed E-state index contributed by atoms with van der Waals surface area (Å²) in [5, 5.41) is 12.5. The maximum Gasteiger partial charge on any atom is 0.234 e. The first kappa shape index (κ1) is 29.8. The lowest BCUT2D eigenvalue weighted by Gasteiger charge is -2.32. The average Bonchev–Trinajstić information content (AvgIpc) is 3.49. The van der Waals surface area contributed by atoms with E-state index in [1.807, 2.05) is 54.0 Å². The second-order valence-corrected chi connectivity index (χ2v) is 11.3. The Kier molecular flexibility index (Phi) is 8.36. The standard InChI is InChI=1S/C35H33N11O/c1-2-47-32-12-7-24(21-40-32)28-10-11-29-35(42-28)46(34(43-29)27-4-3-16-39-33(27)37)26-8-5-23(6-9-26)22-45-18-14-25(15-19-45)41-30-13-17-38-31(20-36)44-30/h3-13,16-17,21,25H,2,14-15,18-19,22H2,1H3,(H2,37,39)(H,38,41,44). The number of anilines is 2. The van der Waals surface area contributed by atoms with Gasteiger partial charge in [0.05, 0.1) is 17.9 Å². The molecule has 0 radical (unpaired) electrons. The van der Waals surface area contributed by atoms with Crippen LogP contribution >= 0.6 is 0 Å². The number of imidazole rings is 1. The number of nitrogens with two attached hydrogens (primary N) is 1. The lowest BCUT2D eigenvalue weighted by atomic mass is 10.0. The fraction of sp³-hybridized carbons (Fsp3) is 0.229. The van der Waals surface area contributed by atoms with Crippen LogP contribution in [0.2, 0.25) is 0 Å². The zero-order chi connectivity index (χ0) is 32.2. The summed E-state index contributed by atoms with van der Waals surface area (Å²) in [5.74, 6) is 2.53. The zero-order valence-corrected chi connectivity index (χ0v) is 25.9. The molecule has 0 unspecified atom stereocenters. The van der Waals surface area contributed by atoms with E-state index in [1.54, 1.807) is 24.7 Å². The van der Waals surface area contributed by atoms with Gasteiger partial charge in [0.1, 0.15) is 23.2 Å². The van der Waals surface area contributed by atoms with Crippen LogP contribution in [0.15, 0.2) is 85.3 Å². The van der Waals surface area contributed by atoms with Crippen LogP contribution in [0.25, 0.3) is 39.5 Å². The lowest BCUT2D eigenvalue weighted by molar-refractivity contribution is 0.211. The first-order valence-corrected chi connectivity index (χ1v) is 15.6. The Morgan fingerprint density at radius 3 is 2.53 bits per heavy atom. The highest BCUT2D eigenvalue weighted by Crippen LogP contribution is 2.32. The molecular formula is C35H33N11O. The number of rotatable bonds is 9. The number of hydrogen-bond donors (Lipinski definition) is 2. The molecule has 0 amide bonds. The van der Waals surface area contributed by atoms with Crippen LogP contribution in [0.3, 0.4) is 0 Å². The highest BCUT2D eigenvalue weighted by atomic mass is 16.5. The SMILES string of the molecule is CCOc1ccc(-c2ccc3nc(-c4cccnc4N)n(-c4ccc(CN5CCC(Nc6ccnc(C#N)n6)CC5)cc4)c3n2)cn1. The van der Waals surface area contributed by atoms with E-state index < -0.39 is 0 Å². The Labute approximate surface area is 272 Å². The van der Waals surface area contributed by atoms with Crippen molar-refractivity contribution in [1.82, 2.24) is 39.4 Å². The predicted octanol–water partition coefficient (Wildman–Crippen LogP) is 5.26. The van der Waals surface area contributed by atoms with Gasteiger partial charge in [0.2, 0.25) is 11.7 Å². The molecule has 7 rings (SSSR count). The summed E-state index contributed by atoms with van der Waals surface area (Å²) < 4.78 is 7.56. The van der Waals surface area contributed by atoms with Gasteiger partial charge in [-0.25, -0.2) is 29.9 Å². The molecule has 3 N–H and O–H groups in total. The number of benzene rings is 1. The van der Waals surface area contributed by atoms with Crippen LogP contribution in [0.5, 0.6) is 5.88 Å². The van der Waals surface area contributed by atoms with Crippen molar-refractivity contribution >= 4 is 22.8 Å². The Balaban J connectivity index is 1.13. The first-order valence-electron chi connectivity index (χ1n) is 15.6. The molecule has 0 aliphatic carbocycles. The number of nitriles is 1. The molecule has 0 atom stereocenters. The summed E-state index contributed by atoms with van der Waals surface area (Å²) >= 11 is 0. The van der Waals surface area contributed by atoms with Crippen molar-refractivity contribution in [2.75, 3.05) is 30.7 Å². The molecule has 0 saturated carbocycles. The Morgan fingerprint density at radius 1 is 0.936 bits per heavy atom. The summed E-state index contributed by atoms with van der Waals surface area (Å²) in [7, 11) is 0. The van der Waals surface area contributed by atoms with Crippen molar-refractivity contribution < 1.29 is 4.74 Å². The van der Waals surface area contributed by atoms with Gasteiger partial charge in [0.15, 0.2) is 11.5 Å². The molecule has 6 aromatic rings. The van der Waals surface area contributed by atoms with E-state index in [2.05, 4.69) is 54.4 Å². The highest BCUT2D eigenvalue weighted by Gasteiger charge is 2.21. The molecule has 1 fully saturated rings. The number of nitrogens with zero attached hydrogens (tertiary/aromatic N) is 9. The molecule has 234 valence electrons. The van der Waals surface area contributed by atoms with Gasteiger partial charge in [-0.05, 0) is 73.9 Å². The van der Waals surface area contributed by atoms with Gasteiger partial charge >= 0.3 is 0 Å². The Morgan fingerprint density at radius 2 is 1.79 bits per heavy atom. The second-order valence-electron chi connectivity index (χ2n) is 11.3. The van der Waals surface area contributed by atoms with Gasteiger partial charge in [-0.2, -0.15) is 5.26 Å². The van der Waals surface area contributed by atoms with Crippen molar-refractivity contribution in [3.05, 3.63) is 96.7 Å². The van der Waals surface area contributed by atoms with Crippen molar-refractivity contribution in [1.29, 1.82) is 5.26 Å². The minimum atomic E-state index is 0.178. The fourth-order valence-corrected chi connectivity index (χ4v) is 5.86. The number of pyridine rings is 3. The average molecular weight is 624 g/mol. The van der Waals surface area contributed by atoms with Gasteiger partial charge in [-0.1, -0.05) is 12.1 Å². The number of likely N-dealkylation sites (tertiary alicyclic amines) is 1. The second kappa shape index (κ2) is 13.2. The van der Waals surface area contributed by atoms with Crippen molar-refractivity contribution in [3.63, 3.8) is 0 Å². The van der Waals surface area contributed by atoms with Gasteiger partial charge in [-0.15, -0.1) is 0 Å². The molecule has 6 heterocycles. The molecule has 12 nitrogen and oxygen atoms in total. The van der Waals surface area contributed by atoms with Gasteiger partial charge in [0, 0.05) is 61.6 Å². The summed E-state index contributed by atoms with van der Waals surface area (Å²) in [6.07, 6.45) is 7.03. The van der Waals surface area contributed by atoms with E-state index in [9.17, 15) is 0 Å². The summed E-state index contributed by atoms with van der Waals surface area (Å²) in [5.41, 5.74) is 12.3. The minimum absolute atomic E-state index is 0.178. The first-order chi connectivity index (χ1) is 23.1. The maximum atomic E-state index is 9.08. The molecule has 0 bridgehead atoms. The van der Waals surface area contributed by atoms with Gasteiger partial charge < -0.3 is 15.8 Å². The maximum absolute atomic E-state index is 9.08. The molecule has 5 aromatic heterocycles. The zero-order valence-electron chi connectivity index (χ0n) is 25.9. The number of piperidine rings is 1. The van der Waals surface area contributed by atoms with Crippen LogP contribution in [-0.2, 0) is 6.54 Å². The van der Waals surface area contributed by atoms with Crippen molar-refractivity contribution in [2.45, 2.75) is 32.4 Å². The molecule has 1 aliphatic heterocycles. The molecule has 1 saturated heterocycles. The Bertz CT molecular complexity index is 2040. The van der Waals surface area contributed by atoms with Crippen molar-refractivity contribution in [3.8, 4) is 40.3 Å². The summed E-state index contributed by atoms with van der Waals surface area (Å²) in [6, 6.07) is 24.2. The molecular weight excluding hydrogens is 590 g/mol. The monoisotopic (exact) mass is 623 g/mol. The third kappa shape index (κ3) is 6.43. The smallest absolute Gasteiger partial charge is 0.234 e. The molecule has 47 heavy (non-hydrogen) atoms. The molecule has 12 heteroatoms. The number of fused-ring (bicyclic) bond motifs is 1. The van der Waals surface area contributed by atoms with Crippen LogP contribution in [0, 0.1) is 11.3 Å². The van der Waals surface area contributed by atoms with Crippen LogP contribution < -0.4 is 15.8 Å². The molecule has 1 aliphatic rings. The lowest BCUT2D eigenvalue weighted by Crippen LogP contribution is -2.38. The van der Waals surface area contributed by atoms with E-state index >= 15 is 0 Å². The van der Waals surface area contributed by atoms with E-state index in [0.717, 1.165) is 60.5 Å². The fourth-order valence-electron chi connectivity index (χ4n) is 5.86. The minimum Gasteiger partial charge on any atom is -0.478 e. The molecule has 1 aromatic carbocycles. The van der Waals surface area contributed by atoms with E-state index in [-0.39, 0.29) is 5.82 Å². The largest absolute Gasteiger partial charge is 0.478 e. The predicted molar refractivity (Wildman–Crippen MR) is 180 cm³/mol. The Hall–Kier alpha value is -5.93. The van der Waals surface area contributed by atoms with Crippen molar-refractivity contribution in [2.24, 2.45) is 0 Å². The third-order valence-corrected chi connectivity index (χ3v) is 8.20. The number of hydrogen-bond acceptors (Lipinski definition) is 11. The number of ether oxygens (including phenoxy) is 1. The van der Waals surface area contributed by atoms with E-state index in [4.69, 9.17) is 25.7 Å². The number of aromatic nitrogens is 7. The van der Waals surface area contributed by atoms with Crippen LogP contribution in [0.4, 0.5) is 11.6 Å². The quantitative estimate of drug-likeness (QED) is 0.216. The van der Waals surface area contributed by atoms with E-state index in [0.29, 0.717) is 41.6 Å². The van der Waals surface area contributed by atoms with Crippen LogP contribution in [0.1, 0.15) is 31.2 Å². The number of nitrogen functional groups attached to an aromatic ring is 1. The summed E-state index contributed by atoms with van der Waals surface area (Å²) in [6.45, 7) is 5.25. The van der Waals surface area contributed by atoms with Gasteiger partial charge in [0.25, 0.3) is 0 Å². The van der Waals surface area contributed by atoms with E-state index in [1.165, 1.54) is 5.56 Å². The topological polar surface area (TPSA) is 157 Å². The number of nitrogens with one attached hydrogen (secondary N) is 1. The van der Waals surface area contributed by atoms with Gasteiger partial charge in [-0.3, -0.25) is 9.47 Å². The normalized spacial score (nSPS) is 13.8. The van der Waals surface area contributed by atoms with Crippen LogP contribution in [-0.4, -0.2) is 65.1 Å². The summed E-state index contributed by atoms with van der Waals surface area (Å²) in [4.78, 5) is 29.4. The molecule has 0 spiro atoms. The third-order valence-electron chi connectivity index (χ3n) is 8.20.